The molecular weight excluding hydrogens is 277 g/mol. The van der Waals surface area contributed by atoms with Crippen LogP contribution in [0.15, 0.2) is 18.2 Å². The third-order valence-electron chi connectivity index (χ3n) is 4.33. The van der Waals surface area contributed by atoms with Crippen LogP contribution in [0.2, 0.25) is 0 Å². The molecule has 0 bridgehead atoms. The number of amides is 1. The van der Waals surface area contributed by atoms with Crippen molar-refractivity contribution in [2.24, 2.45) is 5.92 Å². The van der Waals surface area contributed by atoms with Gasteiger partial charge in [-0.1, -0.05) is 0 Å². The van der Waals surface area contributed by atoms with E-state index in [0.29, 0.717) is 19.0 Å². The van der Waals surface area contributed by atoms with E-state index in [9.17, 15) is 19.3 Å². The second-order valence-electron chi connectivity index (χ2n) is 5.55. The summed E-state index contributed by atoms with van der Waals surface area (Å²) in [6.07, 6.45) is 1.95. The van der Waals surface area contributed by atoms with Gasteiger partial charge in [-0.3, -0.25) is 14.9 Å². The number of carbonyl (C=O) groups excluding carboxylic acids is 1. The van der Waals surface area contributed by atoms with Crippen LogP contribution >= 0.6 is 0 Å². The largest absolute Gasteiger partial charge is 0.334 e. The zero-order chi connectivity index (χ0) is 15.0. The fraction of sp³-hybridized carbons (Fsp3) is 0.500. The maximum Gasteiger partial charge on any atom is 0.285 e. The third-order valence-corrected chi connectivity index (χ3v) is 4.33. The van der Waals surface area contributed by atoms with Gasteiger partial charge in [0.25, 0.3) is 11.6 Å². The van der Waals surface area contributed by atoms with Crippen LogP contribution in [0, 0.1) is 21.8 Å². The minimum Gasteiger partial charge on any atom is -0.334 e. The Balaban J connectivity index is 1.93. The number of fused-ring (bicyclic) bond motifs is 1. The van der Waals surface area contributed by atoms with Gasteiger partial charge in [-0.05, 0) is 30.9 Å². The Bertz CT molecular complexity index is 593. The molecule has 0 spiro atoms. The smallest absolute Gasteiger partial charge is 0.285 e. The number of piperidine rings is 1. The number of hydrogen-bond acceptors (Lipinski definition) is 4. The van der Waals surface area contributed by atoms with E-state index >= 15 is 0 Å². The van der Waals surface area contributed by atoms with E-state index in [1.807, 2.05) is 0 Å². The molecule has 0 saturated carbocycles. The molecule has 0 aliphatic carbocycles. The fourth-order valence-corrected chi connectivity index (χ4v) is 3.31. The predicted molar refractivity (Wildman–Crippen MR) is 73.5 cm³/mol. The van der Waals surface area contributed by atoms with Crippen LogP contribution in [-0.2, 0) is 0 Å². The molecule has 2 unspecified atom stereocenters. The second-order valence-corrected chi connectivity index (χ2v) is 5.55. The van der Waals surface area contributed by atoms with Crippen LogP contribution < -0.4 is 5.32 Å². The number of nitro benzene ring substituents is 1. The first-order chi connectivity index (χ1) is 10.1. The Labute approximate surface area is 121 Å². The number of likely N-dealkylation sites (tertiary alicyclic amines) is 1. The molecule has 21 heavy (non-hydrogen) atoms. The highest BCUT2D eigenvalue weighted by Gasteiger charge is 2.39. The van der Waals surface area contributed by atoms with Gasteiger partial charge in [-0.15, -0.1) is 0 Å². The summed E-state index contributed by atoms with van der Waals surface area (Å²) in [6, 6.07) is 3.19. The molecule has 1 N–H and O–H groups in total. The molecule has 7 heteroatoms. The molecule has 6 nitrogen and oxygen atoms in total. The Hall–Kier alpha value is -2.02. The van der Waals surface area contributed by atoms with Gasteiger partial charge in [0, 0.05) is 25.7 Å². The average Bonchev–Trinajstić information content (AvgIpc) is 2.94. The number of benzene rings is 1. The van der Waals surface area contributed by atoms with E-state index in [4.69, 9.17) is 0 Å². The second kappa shape index (κ2) is 5.40. The van der Waals surface area contributed by atoms with Crippen molar-refractivity contribution in [2.75, 3.05) is 19.6 Å². The SMILES string of the molecule is O=C(c1ccc(F)cc1[N+](=O)[O-])N1CCCC2CNCC21. The number of nitrogens with zero attached hydrogens (tertiary/aromatic N) is 2. The summed E-state index contributed by atoms with van der Waals surface area (Å²) in [5.74, 6) is -0.681. The summed E-state index contributed by atoms with van der Waals surface area (Å²) in [5, 5.41) is 14.3. The first-order valence-electron chi connectivity index (χ1n) is 7.03. The van der Waals surface area contributed by atoms with Gasteiger partial charge in [0.05, 0.1) is 11.0 Å². The summed E-state index contributed by atoms with van der Waals surface area (Å²) < 4.78 is 13.2. The minimum absolute atomic E-state index is 0.0334. The van der Waals surface area contributed by atoms with Crippen LogP contribution in [0.5, 0.6) is 0 Å². The molecule has 3 rings (SSSR count). The van der Waals surface area contributed by atoms with Crippen molar-refractivity contribution < 1.29 is 14.1 Å². The van der Waals surface area contributed by atoms with Gasteiger partial charge >= 0.3 is 0 Å². The third kappa shape index (κ3) is 2.49. The molecule has 2 heterocycles. The number of rotatable bonds is 2. The van der Waals surface area contributed by atoms with Crippen LogP contribution in [0.3, 0.4) is 0 Å². The molecule has 2 atom stereocenters. The summed E-state index contributed by atoms with van der Waals surface area (Å²) >= 11 is 0. The Kier molecular flexibility index (Phi) is 3.59. The van der Waals surface area contributed by atoms with Gasteiger partial charge in [0.2, 0.25) is 0 Å². The first kappa shape index (κ1) is 13.9. The maximum absolute atomic E-state index is 13.2. The van der Waals surface area contributed by atoms with Crippen molar-refractivity contribution in [3.05, 3.63) is 39.7 Å². The zero-order valence-electron chi connectivity index (χ0n) is 11.4. The maximum atomic E-state index is 13.2. The molecule has 1 aromatic rings. The van der Waals surface area contributed by atoms with E-state index in [0.717, 1.165) is 31.5 Å². The van der Waals surface area contributed by atoms with Gasteiger partial charge in [0.15, 0.2) is 0 Å². The van der Waals surface area contributed by atoms with E-state index in [2.05, 4.69) is 5.32 Å². The van der Waals surface area contributed by atoms with Crippen LogP contribution in [0.4, 0.5) is 10.1 Å². The zero-order valence-corrected chi connectivity index (χ0v) is 11.4. The lowest BCUT2D eigenvalue weighted by atomic mass is 9.91. The van der Waals surface area contributed by atoms with E-state index in [-0.39, 0.29) is 17.5 Å². The highest BCUT2D eigenvalue weighted by atomic mass is 19.1. The van der Waals surface area contributed by atoms with Gasteiger partial charge in [-0.2, -0.15) is 0 Å². The van der Waals surface area contributed by atoms with Crippen molar-refractivity contribution >= 4 is 11.6 Å². The monoisotopic (exact) mass is 293 g/mol. The molecule has 1 amide bonds. The lowest BCUT2D eigenvalue weighted by molar-refractivity contribution is -0.385. The molecule has 2 fully saturated rings. The highest BCUT2D eigenvalue weighted by molar-refractivity contribution is 5.98. The summed E-state index contributed by atoms with van der Waals surface area (Å²) in [5.41, 5.74) is -0.498. The highest BCUT2D eigenvalue weighted by Crippen LogP contribution is 2.30. The van der Waals surface area contributed by atoms with Crippen molar-refractivity contribution in [1.29, 1.82) is 0 Å². The minimum atomic E-state index is -0.711. The van der Waals surface area contributed by atoms with Gasteiger partial charge in [0.1, 0.15) is 11.4 Å². The molecule has 2 aliphatic rings. The fourth-order valence-electron chi connectivity index (χ4n) is 3.31. The van der Waals surface area contributed by atoms with Crippen molar-refractivity contribution in [3.8, 4) is 0 Å². The molecule has 2 aliphatic heterocycles. The molecule has 2 saturated heterocycles. The van der Waals surface area contributed by atoms with Crippen LogP contribution in [-0.4, -0.2) is 41.4 Å². The standard InChI is InChI=1S/C14H16FN3O3/c15-10-3-4-11(12(6-10)18(20)21)14(19)17-5-1-2-9-7-16-8-13(9)17/h3-4,6,9,13,16H,1-2,5,7-8H2. The number of nitrogens with one attached hydrogen (secondary N) is 1. The van der Waals surface area contributed by atoms with E-state index < -0.39 is 16.4 Å². The Morgan fingerprint density at radius 3 is 3.00 bits per heavy atom. The van der Waals surface area contributed by atoms with Gasteiger partial charge < -0.3 is 10.2 Å². The topological polar surface area (TPSA) is 75.5 Å². The van der Waals surface area contributed by atoms with Crippen molar-refractivity contribution in [3.63, 3.8) is 0 Å². The van der Waals surface area contributed by atoms with E-state index in [1.54, 1.807) is 4.90 Å². The van der Waals surface area contributed by atoms with Crippen molar-refractivity contribution in [2.45, 2.75) is 18.9 Å². The van der Waals surface area contributed by atoms with Gasteiger partial charge in [-0.25, -0.2) is 4.39 Å². The normalized spacial score (nSPS) is 24.7. The molecule has 0 aromatic heterocycles. The lowest BCUT2D eigenvalue weighted by Gasteiger charge is -2.37. The van der Waals surface area contributed by atoms with E-state index in [1.165, 1.54) is 6.07 Å². The Morgan fingerprint density at radius 2 is 2.24 bits per heavy atom. The summed E-state index contributed by atoms with van der Waals surface area (Å²) in [4.78, 5) is 24.7. The summed E-state index contributed by atoms with van der Waals surface area (Å²) in [6.45, 7) is 2.18. The van der Waals surface area contributed by atoms with Crippen LogP contribution in [0.25, 0.3) is 0 Å². The molecular formula is C14H16FN3O3. The molecule has 1 aromatic carbocycles. The number of halogens is 1. The Morgan fingerprint density at radius 1 is 1.43 bits per heavy atom. The predicted octanol–water partition coefficient (Wildman–Crippen LogP) is 1.56. The first-order valence-corrected chi connectivity index (χ1v) is 7.03. The van der Waals surface area contributed by atoms with Crippen LogP contribution in [0.1, 0.15) is 23.2 Å². The molecule has 0 radical (unpaired) electrons. The average molecular weight is 293 g/mol. The number of carbonyl (C=O) groups is 1. The van der Waals surface area contributed by atoms with Crippen molar-refractivity contribution in [1.82, 2.24) is 10.2 Å². The lowest BCUT2D eigenvalue weighted by Crippen LogP contribution is -2.48. The summed E-state index contributed by atoms with van der Waals surface area (Å²) in [7, 11) is 0. The molecule has 112 valence electrons. The number of nitro groups is 1. The number of hydrogen-bond donors (Lipinski definition) is 1. The quantitative estimate of drug-likeness (QED) is 0.663.